The molecule has 0 saturated carbocycles. The Bertz CT molecular complexity index is 681. The maximum Gasteiger partial charge on any atom is 0.316 e. The topological polar surface area (TPSA) is 72.5 Å². The molecule has 114 valence electrons. The molecule has 0 bridgehead atoms. The van der Waals surface area contributed by atoms with Gasteiger partial charge in [-0.25, -0.2) is 0 Å². The van der Waals surface area contributed by atoms with Gasteiger partial charge in [0.05, 0.1) is 11.5 Å². The van der Waals surface area contributed by atoms with Gasteiger partial charge in [-0.1, -0.05) is 36.4 Å². The summed E-state index contributed by atoms with van der Waals surface area (Å²) in [6.07, 6.45) is 0.510. The minimum atomic E-state index is -0.505. The van der Waals surface area contributed by atoms with Crippen LogP contribution in [0.5, 0.6) is 0 Å². The zero-order valence-electron chi connectivity index (χ0n) is 11.8. The summed E-state index contributed by atoms with van der Waals surface area (Å²) >= 11 is 1.14. The number of thioether (sulfide) groups is 1. The number of carbonyl (C=O) groups is 3. The van der Waals surface area contributed by atoms with Crippen LogP contribution in [0.25, 0.3) is 10.8 Å². The number of esters is 1. The second-order valence-corrected chi connectivity index (χ2v) is 5.40. The highest BCUT2D eigenvalue weighted by molar-refractivity contribution is 8.00. The minimum absolute atomic E-state index is 0.0385. The van der Waals surface area contributed by atoms with Crippen molar-refractivity contribution in [1.82, 2.24) is 0 Å². The van der Waals surface area contributed by atoms with Crippen LogP contribution >= 0.6 is 11.8 Å². The van der Waals surface area contributed by atoms with Crippen molar-refractivity contribution in [3.8, 4) is 0 Å². The van der Waals surface area contributed by atoms with Gasteiger partial charge in [-0.05, 0) is 11.5 Å². The number of amides is 1. The van der Waals surface area contributed by atoms with E-state index < -0.39 is 5.97 Å². The molecule has 0 radical (unpaired) electrons. The molecule has 0 aliphatic carbocycles. The van der Waals surface area contributed by atoms with Crippen molar-refractivity contribution in [3.63, 3.8) is 0 Å². The SMILES string of the molecule is O=CCOC(=O)CSCC(=O)Nc1cccc2ccccc12. The number of ether oxygens (including phenoxy) is 1. The number of anilines is 1. The molecule has 0 aliphatic rings. The average molecular weight is 317 g/mol. The molecule has 2 aromatic carbocycles. The Kier molecular flexibility index (Phi) is 5.97. The summed E-state index contributed by atoms with van der Waals surface area (Å²) in [4.78, 5) is 33.1. The zero-order chi connectivity index (χ0) is 15.8. The third kappa shape index (κ3) is 4.60. The van der Waals surface area contributed by atoms with Crippen LogP contribution in [0.3, 0.4) is 0 Å². The lowest BCUT2D eigenvalue weighted by Crippen LogP contribution is -2.16. The molecule has 0 spiro atoms. The lowest BCUT2D eigenvalue weighted by molar-refractivity contribution is -0.142. The van der Waals surface area contributed by atoms with Gasteiger partial charge in [-0.3, -0.25) is 14.4 Å². The summed E-state index contributed by atoms with van der Waals surface area (Å²) in [6.45, 7) is -0.248. The first-order chi connectivity index (χ1) is 10.7. The highest BCUT2D eigenvalue weighted by Crippen LogP contribution is 2.23. The fraction of sp³-hybridized carbons (Fsp3) is 0.188. The third-order valence-corrected chi connectivity index (χ3v) is 3.74. The van der Waals surface area contributed by atoms with E-state index in [1.165, 1.54) is 0 Å². The maximum atomic E-state index is 11.9. The normalized spacial score (nSPS) is 10.2. The van der Waals surface area contributed by atoms with E-state index in [9.17, 15) is 14.4 Å². The van der Waals surface area contributed by atoms with Gasteiger partial charge in [0.1, 0.15) is 6.61 Å². The molecule has 0 aromatic heterocycles. The van der Waals surface area contributed by atoms with E-state index in [-0.39, 0.29) is 24.0 Å². The molecule has 0 saturated heterocycles. The summed E-state index contributed by atoms with van der Waals surface area (Å²) < 4.78 is 4.59. The molecule has 2 rings (SSSR count). The Balaban J connectivity index is 1.86. The molecule has 0 atom stereocenters. The quantitative estimate of drug-likeness (QED) is 0.626. The molecule has 1 amide bonds. The number of aldehydes is 1. The van der Waals surface area contributed by atoms with Crippen LogP contribution in [0.2, 0.25) is 0 Å². The largest absolute Gasteiger partial charge is 0.457 e. The zero-order valence-corrected chi connectivity index (χ0v) is 12.6. The summed E-state index contributed by atoms with van der Waals surface area (Å²) in [5, 5.41) is 4.85. The number of hydrogen-bond acceptors (Lipinski definition) is 5. The Morgan fingerprint density at radius 1 is 1.09 bits per heavy atom. The first kappa shape index (κ1) is 16.0. The highest BCUT2D eigenvalue weighted by atomic mass is 32.2. The predicted octanol–water partition coefficient (Wildman–Crippen LogP) is 2.25. The van der Waals surface area contributed by atoms with E-state index in [2.05, 4.69) is 10.1 Å². The van der Waals surface area contributed by atoms with Crippen LogP contribution < -0.4 is 5.32 Å². The van der Waals surface area contributed by atoms with Gasteiger partial charge in [-0.2, -0.15) is 0 Å². The van der Waals surface area contributed by atoms with Gasteiger partial charge in [0, 0.05) is 11.1 Å². The first-order valence-electron chi connectivity index (χ1n) is 6.65. The molecule has 6 heteroatoms. The number of rotatable bonds is 7. The highest BCUT2D eigenvalue weighted by Gasteiger charge is 2.08. The van der Waals surface area contributed by atoms with E-state index in [1.807, 2.05) is 42.5 Å². The van der Waals surface area contributed by atoms with Gasteiger partial charge in [0.25, 0.3) is 0 Å². The molecule has 0 aliphatic heterocycles. The van der Waals surface area contributed by atoms with Gasteiger partial charge in [0.2, 0.25) is 5.91 Å². The van der Waals surface area contributed by atoms with E-state index in [4.69, 9.17) is 0 Å². The van der Waals surface area contributed by atoms with E-state index >= 15 is 0 Å². The Hall–Kier alpha value is -2.34. The molecule has 0 fully saturated rings. The van der Waals surface area contributed by atoms with Crippen LogP contribution in [-0.4, -0.2) is 36.3 Å². The molecule has 5 nitrogen and oxygen atoms in total. The van der Waals surface area contributed by atoms with Gasteiger partial charge < -0.3 is 10.1 Å². The van der Waals surface area contributed by atoms with E-state index in [0.717, 1.165) is 28.2 Å². The molecule has 1 N–H and O–H groups in total. The number of fused-ring (bicyclic) bond motifs is 1. The molecule has 22 heavy (non-hydrogen) atoms. The van der Waals surface area contributed by atoms with Crippen LogP contribution in [0.15, 0.2) is 42.5 Å². The summed E-state index contributed by atoms with van der Waals surface area (Å²) in [5.41, 5.74) is 0.743. The van der Waals surface area contributed by atoms with Crippen LogP contribution in [0.4, 0.5) is 5.69 Å². The summed E-state index contributed by atoms with van der Waals surface area (Å²) in [5.74, 6) is -0.518. The summed E-state index contributed by atoms with van der Waals surface area (Å²) in [6, 6.07) is 13.5. The number of carbonyl (C=O) groups excluding carboxylic acids is 3. The van der Waals surface area contributed by atoms with Crippen molar-refractivity contribution < 1.29 is 19.1 Å². The molecule has 0 unspecified atom stereocenters. The minimum Gasteiger partial charge on any atom is -0.457 e. The second-order valence-electron chi connectivity index (χ2n) is 4.42. The van der Waals surface area contributed by atoms with Crippen molar-refractivity contribution in [2.75, 3.05) is 23.4 Å². The predicted molar refractivity (Wildman–Crippen MR) is 86.9 cm³/mol. The smallest absolute Gasteiger partial charge is 0.316 e. The van der Waals surface area contributed by atoms with Crippen LogP contribution in [0.1, 0.15) is 0 Å². The molecular formula is C16H15NO4S. The monoisotopic (exact) mass is 317 g/mol. The number of benzene rings is 2. The second kappa shape index (κ2) is 8.19. The van der Waals surface area contributed by atoms with E-state index in [0.29, 0.717) is 6.29 Å². The molecule has 2 aromatic rings. The van der Waals surface area contributed by atoms with Crippen LogP contribution in [0, 0.1) is 0 Å². The Morgan fingerprint density at radius 2 is 1.86 bits per heavy atom. The number of hydrogen-bond donors (Lipinski definition) is 1. The first-order valence-corrected chi connectivity index (χ1v) is 7.81. The van der Waals surface area contributed by atoms with Gasteiger partial charge in [-0.15, -0.1) is 11.8 Å². The Labute approximate surface area is 132 Å². The maximum absolute atomic E-state index is 11.9. The van der Waals surface area contributed by atoms with Crippen molar-refractivity contribution in [2.24, 2.45) is 0 Å². The van der Waals surface area contributed by atoms with Gasteiger partial charge >= 0.3 is 5.97 Å². The fourth-order valence-corrected chi connectivity index (χ4v) is 2.53. The molecule has 0 heterocycles. The standard InChI is InChI=1S/C16H15NO4S/c18-8-9-21-16(20)11-22-10-15(19)17-14-7-3-5-12-4-1-2-6-13(12)14/h1-8H,9-11H2,(H,17,19). The molecular weight excluding hydrogens is 302 g/mol. The van der Waals surface area contributed by atoms with Crippen LogP contribution in [-0.2, 0) is 19.1 Å². The third-order valence-electron chi connectivity index (χ3n) is 2.83. The van der Waals surface area contributed by atoms with E-state index in [1.54, 1.807) is 0 Å². The summed E-state index contributed by atoms with van der Waals surface area (Å²) in [7, 11) is 0. The van der Waals surface area contributed by atoms with Crippen molar-refractivity contribution in [2.45, 2.75) is 0 Å². The lowest BCUT2D eigenvalue weighted by atomic mass is 10.1. The average Bonchev–Trinajstić information content (AvgIpc) is 2.53. The Morgan fingerprint density at radius 3 is 2.68 bits per heavy atom. The number of nitrogens with one attached hydrogen (secondary N) is 1. The van der Waals surface area contributed by atoms with Crippen molar-refractivity contribution in [3.05, 3.63) is 42.5 Å². The van der Waals surface area contributed by atoms with Gasteiger partial charge in [0.15, 0.2) is 6.29 Å². The lowest BCUT2D eigenvalue weighted by Gasteiger charge is -2.08. The fourth-order valence-electron chi connectivity index (χ4n) is 1.92. The van der Waals surface area contributed by atoms with Crippen molar-refractivity contribution in [1.29, 1.82) is 0 Å². The van der Waals surface area contributed by atoms with Crippen molar-refractivity contribution >= 4 is 46.4 Å².